The number of halogens is 2. The van der Waals surface area contributed by atoms with Crippen LogP contribution in [0.1, 0.15) is 5.56 Å². The summed E-state index contributed by atoms with van der Waals surface area (Å²) in [7, 11) is 0. The molecule has 0 saturated heterocycles. The minimum absolute atomic E-state index is 0.0208. The third kappa shape index (κ3) is 2.83. The van der Waals surface area contributed by atoms with Crippen LogP contribution in [0.25, 0.3) is 0 Å². The normalized spacial score (nSPS) is 10.5. The number of aromatic nitrogens is 3. The molecule has 88 valence electrons. The fraction of sp³-hybridized carbons (Fsp3) is 0.100. The van der Waals surface area contributed by atoms with E-state index in [9.17, 15) is 9.59 Å². The Balaban J connectivity index is 2.40. The van der Waals surface area contributed by atoms with Crippen molar-refractivity contribution in [1.82, 2.24) is 14.5 Å². The molecule has 2 rings (SSSR count). The number of nitrogens with zero attached hydrogens (tertiary/aromatic N) is 2. The summed E-state index contributed by atoms with van der Waals surface area (Å²) >= 11 is 8.94. The van der Waals surface area contributed by atoms with E-state index in [1.54, 1.807) is 12.4 Å². The van der Waals surface area contributed by atoms with E-state index in [4.69, 9.17) is 11.6 Å². The SMILES string of the molecule is O=c1[nH]c(=O)n(Cc2cncc(Br)c2)cc1Cl. The smallest absolute Gasteiger partial charge is 0.295 e. The van der Waals surface area contributed by atoms with E-state index in [2.05, 4.69) is 25.9 Å². The molecule has 0 spiro atoms. The van der Waals surface area contributed by atoms with Gasteiger partial charge in [0.05, 0.1) is 6.54 Å². The fourth-order valence-electron chi connectivity index (χ4n) is 1.34. The van der Waals surface area contributed by atoms with Gasteiger partial charge in [0.1, 0.15) is 5.02 Å². The van der Waals surface area contributed by atoms with Crippen LogP contribution in [0.4, 0.5) is 0 Å². The highest BCUT2D eigenvalue weighted by atomic mass is 79.9. The van der Waals surface area contributed by atoms with Gasteiger partial charge in [0.15, 0.2) is 0 Å². The summed E-state index contributed by atoms with van der Waals surface area (Å²) in [6.07, 6.45) is 4.59. The fourth-order valence-corrected chi connectivity index (χ4v) is 1.92. The molecule has 2 aromatic heterocycles. The van der Waals surface area contributed by atoms with E-state index in [1.807, 2.05) is 6.07 Å². The van der Waals surface area contributed by atoms with Crippen LogP contribution in [-0.4, -0.2) is 14.5 Å². The quantitative estimate of drug-likeness (QED) is 0.910. The molecular weight excluding hydrogens is 309 g/mol. The van der Waals surface area contributed by atoms with Crippen molar-refractivity contribution in [2.45, 2.75) is 6.54 Å². The average molecular weight is 317 g/mol. The van der Waals surface area contributed by atoms with Crippen LogP contribution in [0.3, 0.4) is 0 Å². The number of hydrogen-bond donors (Lipinski definition) is 1. The number of rotatable bonds is 2. The van der Waals surface area contributed by atoms with Gasteiger partial charge in [0.2, 0.25) is 0 Å². The third-order valence-electron chi connectivity index (χ3n) is 2.08. The van der Waals surface area contributed by atoms with Gasteiger partial charge >= 0.3 is 5.69 Å². The Morgan fingerprint density at radius 2 is 2.18 bits per heavy atom. The minimum atomic E-state index is -0.583. The molecule has 0 saturated carbocycles. The van der Waals surface area contributed by atoms with Crippen LogP contribution in [-0.2, 0) is 6.54 Å². The molecule has 0 bridgehead atoms. The standard InChI is InChI=1S/C10H7BrClN3O2/c11-7-1-6(2-13-3-7)4-15-5-8(12)9(16)14-10(15)17/h1-3,5H,4H2,(H,14,16,17). The Hall–Kier alpha value is -1.40. The van der Waals surface area contributed by atoms with E-state index >= 15 is 0 Å². The number of nitrogens with one attached hydrogen (secondary N) is 1. The van der Waals surface area contributed by atoms with Crippen molar-refractivity contribution in [2.75, 3.05) is 0 Å². The van der Waals surface area contributed by atoms with E-state index in [0.717, 1.165) is 10.0 Å². The molecule has 7 heteroatoms. The molecule has 0 aliphatic rings. The molecule has 0 aliphatic heterocycles. The molecule has 2 heterocycles. The van der Waals surface area contributed by atoms with Crippen LogP contribution in [0.2, 0.25) is 5.02 Å². The predicted octanol–water partition coefficient (Wildman–Crippen LogP) is 1.40. The monoisotopic (exact) mass is 315 g/mol. The van der Waals surface area contributed by atoms with Gasteiger partial charge in [-0.3, -0.25) is 19.3 Å². The van der Waals surface area contributed by atoms with Crippen molar-refractivity contribution in [2.24, 2.45) is 0 Å². The highest BCUT2D eigenvalue weighted by Gasteiger charge is 2.03. The van der Waals surface area contributed by atoms with Crippen molar-refractivity contribution < 1.29 is 0 Å². The lowest BCUT2D eigenvalue weighted by atomic mass is 10.3. The molecule has 2 aromatic rings. The molecule has 0 unspecified atom stereocenters. The van der Waals surface area contributed by atoms with Crippen molar-refractivity contribution >= 4 is 27.5 Å². The molecule has 5 nitrogen and oxygen atoms in total. The maximum absolute atomic E-state index is 11.5. The van der Waals surface area contributed by atoms with Gasteiger partial charge in [-0.2, -0.15) is 0 Å². The molecule has 0 aliphatic carbocycles. The molecule has 0 amide bonds. The largest absolute Gasteiger partial charge is 0.328 e. The first-order valence-corrected chi connectivity index (χ1v) is 5.82. The first kappa shape index (κ1) is 12.1. The lowest BCUT2D eigenvalue weighted by Crippen LogP contribution is -2.29. The van der Waals surface area contributed by atoms with Crippen LogP contribution >= 0.6 is 27.5 Å². The van der Waals surface area contributed by atoms with E-state index < -0.39 is 11.2 Å². The summed E-state index contributed by atoms with van der Waals surface area (Å²) in [6.45, 7) is 0.293. The summed E-state index contributed by atoms with van der Waals surface area (Å²) in [6, 6.07) is 1.83. The second kappa shape index (κ2) is 4.85. The number of H-pyrrole nitrogens is 1. The highest BCUT2D eigenvalue weighted by Crippen LogP contribution is 2.10. The molecule has 0 radical (unpaired) electrons. The van der Waals surface area contributed by atoms with Gasteiger partial charge in [-0.25, -0.2) is 4.79 Å². The summed E-state index contributed by atoms with van der Waals surface area (Å²) in [4.78, 5) is 28.7. The third-order valence-corrected chi connectivity index (χ3v) is 2.78. The molecule has 1 N–H and O–H groups in total. The number of aromatic amines is 1. The molecule has 0 atom stereocenters. The lowest BCUT2D eigenvalue weighted by molar-refractivity contribution is 0.718. The maximum Gasteiger partial charge on any atom is 0.328 e. The zero-order valence-corrected chi connectivity index (χ0v) is 10.8. The van der Waals surface area contributed by atoms with Crippen molar-refractivity contribution in [3.63, 3.8) is 0 Å². The van der Waals surface area contributed by atoms with Gasteiger partial charge in [0.25, 0.3) is 5.56 Å². The Morgan fingerprint density at radius 3 is 2.88 bits per heavy atom. The van der Waals surface area contributed by atoms with E-state index in [1.165, 1.54) is 10.8 Å². The topological polar surface area (TPSA) is 67.8 Å². The lowest BCUT2D eigenvalue weighted by Gasteiger charge is -2.05. The van der Waals surface area contributed by atoms with Gasteiger partial charge in [0, 0.05) is 23.1 Å². The Kier molecular flexibility index (Phi) is 3.44. The summed E-state index contributed by atoms with van der Waals surface area (Å²) < 4.78 is 2.13. The second-order valence-electron chi connectivity index (χ2n) is 3.38. The molecule has 0 fully saturated rings. The van der Waals surface area contributed by atoms with E-state index in [0.29, 0.717) is 6.54 Å². The first-order valence-electron chi connectivity index (χ1n) is 4.65. The maximum atomic E-state index is 11.5. The Bertz CT molecular complexity index is 665. The molecular formula is C10H7BrClN3O2. The van der Waals surface area contributed by atoms with Crippen molar-refractivity contribution in [3.05, 3.63) is 60.6 Å². The number of hydrogen-bond acceptors (Lipinski definition) is 3. The first-order chi connectivity index (χ1) is 8.06. The van der Waals surface area contributed by atoms with Gasteiger partial charge in [-0.15, -0.1) is 0 Å². The summed E-state index contributed by atoms with van der Waals surface area (Å²) in [5.41, 5.74) is -0.260. The number of pyridine rings is 1. The van der Waals surface area contributed by atoms with Gasteiger partial charge in [-0.05, 0) is 27.6 Å². The minimum Gasteiger partial charge on any atom is -0.295 e. The Morgan fingerprint density at radius 1 is 1.41 bits per heavy atom. The zero-order chi connectivity index (χ0) is 12.4. The highest BCUT2D eigenvalue weighted by molar-refractivity contribution is 9.10. The summed E-state index contributed by atoms with van der Waals surface area (Å²) in [5.74, 6) is 0. The van der Waals surface area contributed by atoms with Crippen LogP contribution in [0.15, 0.2) is 38.7 Å². The van der Waals surface area contributed by atoms with Gasteiger partial charge in [-0.1, -0.05) is 11.6 Å². The molecule has 17 heavy (non-hydrogen) atoms. The van der Waals surface area contributed by atoms with Crippen molar-refractivity contribution in [3.8, 4) is 0 Å². The summed E-state index contributed by atoms with van der Waals surface area (Å²) in [5, 5.41) is -0.0208. The predicted molar refractivity (Wildman–Crippen MR) is 67.4 cm³/mol. The Labute approximate surface area is 109 Å². The van der Waals surface area contributed by atoms with Crippen LogP contribution in [0.5, 0.6) is 0 Å². The molecule has 0 aromatic carbocycles. The second-order valence-corrected chi connectivity index (χ2v) is 4.70. The van der Waals surface area contributed by atoms with Crippen molar-refractivity contribution in [1.29, 1.82) is 0 Å². The van der Waals surface area contributed by atoms with Gasteiger partial charge < -0.3 is 0 Å². The van der Waals surface area contributed by atoms with Crippen LogP contribution in [0, 0.1) is 0 Å². The van der Waals surface area contributed by atoms with Crippen LogP contribution < -0.4 is 11.2 Å². The average Bonchev–Trinajstić information content (AvgIpc) is 2.26. The zero-order valence-electron chi connectivity index (χ0n) is 8.48. The van der Waals surface area contributed by atoms with E-state index in [-0.39, 0.29) is 5.02 Å².